The van der Waals surface area contributed by atoms with Gasteiger partial charge in [-0.05, 0) is 26.0 Å². The number of sulfone groups is 1. The van der Waals surface area contributed by atoms with Crippen LogP contribution in [-0.4, -0.2) is 19.5 Å². The van der Waals surface area contributed by atoms with Crippen molar-refractivity contribution < 1.29 is 8.42 Å². The van der Waals surface area contributed by atoms with Crippen molar-refractivity contribution in [1.29, 1.82) is 0 Å². The summed E-state index contributed by atoms with van der Waals surface area (Å²) < 4.78 is 23.6. The molecule has 0 unspecified atom stereocenters. The van der Waals surface area contributed by atoms with Gasteiger partial charge in [0.15, 0.2) is 9.84 Å². The van der Waals surface area contributed by atoms with E-state index in [9.17, 15) is 8.42 Å². The smallest absolute Gasteiger partial charge is 0.182 e. The van der Waals surface area contributed by atoms with Gasteiger partial charge in [0.25, 0.3) is 0 Å². The molecule has 2 nitrogen and oxygen atoms in total. The van der Waals surface area contributed by atoms with Gasteiger partial charge < -0.3 is 0 Å². The molecule has 4 heteroatoms. The van der Waals surface area contributed by atoms with Crippen molar-refractivity contribution in [3.63, 3.8) is 0 Å². The first-order valence-electron chi connectivity index (χ1n) is 4.35. The molecule has 0 N–H and O–H groups in total. The summed E-state index contributed by atoms with van der Waals surface area (Å²) in [7, 11) is -3.24. The average Bonchev–Trinajstić information content (AvgIpc) is 2.17. The van der Waals surface area contributed by atoms with Gasteiger partial charge in [0.05, 0.1) is 10.1 Å². The Morgan fingerprint density at radius 1 is 1.29 bits per heavy atom. The molecule has 0 radical (unpaired) electrons. The Kier molecular flexibility index (Phi) is 3.56. The summed E-state index contributed by atoms with van der Waals surface area (Å²) in [4.78, 5) is 0.344. The van der Waals surface area contributed by atoms with Crippen LogP contribution in [-0.2, 0) is 9.84 Å². The third kappa shape index (κ3) is 2.28. The molecule has 78 valence electrons. The third-order valence-electron chi connectivity index (χ3n) is 2.10. The molecule has 0 aliphatic rings. The number of hydrogen-bond acceptors (Lipinski definition) is 2. The van der Waals surface area contributed by atoms with Crippen LogP contribution in [0.5, 0.6) is 0 Å². The fraction of sp³-hybridized carbons (Fsp3) is 0.400. The Hall–Kier alpha value is -0.540. The van der Waals surface area contributed by atoms with E-state index in [1.807, 2.05) is 6.92 Å². The summed E-state index contributed by atoms with van der Waals surface area (Å²) in [6, 6.07) is 6.81. The lowest BCUT2D eigenvalue weighted by molar-refractivity contribution is 0.588. The summed E-state index contributed by atoms with van der Waals surface area (Å²) in [5.74, 6) is 0.121. The molecule has 1 rings (SSSR count). The van der Waals surface area contributed by atoms with Crippen LogP contribution in [0.2, 0.25) is 0 Å². The standard InChI is InChI=1S/C10H13ClO2S/c1-8-3-5-10(6-4-8)14(12,13)9(2)7-11/h3-6,9H,7H2,1-2H3/t9-/m1/s1. The van der Waals surface area contributed by atoms with E-state index in [0.29, 0.717) is 4.90 Å². The zero-order valence-corrected chi connectivity index (χ0v) is 9.77. The molecule has 0 amide bonds. The van der Waals surface area contributed by atoms with Gasteiger partial charge in [0.2, 0.25) is 0 Å². The maximum atomic E-state index is 11.8. The molecule has 0 saturated heterocycles. The Morgan fingerprint density at radius 2 is 1.79 bits per heavy atom. The second-order valence-electron chi connectivity index (χ2n) is 3.32. The average molecular weight is 233 g/mol. The molecule has 0 saturated carbocycles. The number of hydrogen-bond donors (Lipinski definition) is 0. The largest absolute Gasteiger partial charge is 0.223 e. The number of aryl methyl sites for hydroxylation is 1. The molecule has 0 aliphatic heterocycles. The summed E-state index contributed by atoms with van der Waals surface area (Å²) in [6.45, 7) is 3.53. The lowest BCUT2D eigenvalue weighted by Crippen LogP contribution is -2.19. The molecule has 0 aliphatic carbocycles. The molecular formula is C10H13ClO2S. The maximum absolute atomic E-state index is 11.8. The minimum absolute atomic E-state index is 0.121. The van der Waals surface area contributed by atoms with Crippen LogP contribution in [0.15, 0.2) is 29.2 Å². The van der Waals surface area contributed by atoms with Crippen LogP contribution in [0.25, 0.3) is 0 Å². The van der Waals surface area contributed by atoms with Gasteiger partial charge in [-0.3, -0.25) is 0 Å². The van der Waals surface area contributed by atoms with Crippen molar-refractivity contribution in [2.45, 2.75) is 24.0 Å². The zero-order valence-electron chi connectivity index (χ0n) is 8.20. The maximum Gasteiger partial charge on any atom is 0.182 e. The molecule has 0 bridgehead atoms. The van der Waals surface area contributed by atoms with Crippen LogP contribution in [0.1, 0.15) is 12.5 Å². The first-order chi connectivity index (χ1) is 6.48. The second-order valence-corrected chi connectivity index (χ2v) is 6.00. The van der Waals surface area contributed by atoms with Crippen molar-refractivity contribution in [2.24, 2.45) is 0 Å². The van der Waals surface area contributed by atoms with E-state index in [4.69, 9.17) is 11.6 Å². The molecule has 0 fully saturated rings. The third-order valence-corrected chi connectivity index (χ3v) is 4.90. The van der Waals surface area contributed by atoms with Gasteiger partial charge in [-0.2, -0.15) is 0 Å². The molecule has 0 spiro atoms. The van der Waals surface area contributed by atoms with E-state index < -0.39 is 15.1 Å². The van der Waals surface area contributed by atoms with E-state index in [1.54, 1.807) is 31.2 Å². The van der Waals surface area contributed by atoms with Crippen LogP contribution in [0.4, 0.5) is 0 Å². The highest BCUT2D eigenvalue weighted by Gasteiger charge is 2.21. The minimum Gasteiger partial charge on any atom is -0.223 e. The lowest BCUT2D eigenvalue weighted by Gasteiger charge is -2.09. The van der Waals surface area contributed by atoms with Crippen molar-refractivity contribution in [2.75, 3.05) is 5.88 Å². The zero-order chi connectivity index (χ0) is 10.8. The molecule has 1 atom stereocenters. The normalized spacial score (nSPS) is 13.9. The highest BCUT2D eigenvalue weighted by atomic mass is 35.5. The van der Waals surface area contributed by atoms with Crippen molar-refractivity contribution >= 4 is 21.4 Å². The highest BCUT2D eigenvalue weighted by molar-refractivity contribution is 7.92. The van der Waals surface area contributed by atoms with Gasteiger partial charge in [-0.1, -0.05) is 17.7 Å². The molecule has 0 aromatic heterocycles. The minimum atomic E-state index is -3.24. The van der Waals surface area contributed by atoms with Gasteiger partial charge in [-0.25, -0.2) is 8.42 Å². The van der Waals surface area contributed by atoms with Gasteiger partial charge in [-0.15, -0.1) is 11.6 Å². The fourth-order valence-corrected chi connectivity index (χ4v) is 2.69. The van der Waals surface area contributed by atoms with Crippen molar-refractivity contribution in [3.05, 3.63) is 29.8 Å². The van der Waals surface area contributed by atoms with Crippen LogP contribution in [0.3, 0.4) is 0 Å². The van der Waals surface area contributed by atoms with E-state index in [0.717, 1.165) is 5.56 Å². The Balaban J connectivity index is 3.11. The van der Waals surface area contributed by atoms with Crippen molar-refractivity contribution in [1.82, 2.24) is 0 Å². The molecule has 14 heavy (non-hydrogen) atoms. The van der Waals surface area contributed by atoms with E-state index in [-0.39, 0.29) is 5.88 Å². The molecule has 1 aromatic carbocycles. The SMILES string of the molecule is Cc1ccc(S(=O)(=O)[C@H](C)CCl)cc1. The highest BCUT2D eigenvalue weighted by Crippen LogP contribution is 2.17. The first kappa shape index (κ1) is 11.5. The molecular weight excluding hydrogens is 220 g/mol. The van der Waals surface area contributed by atoms with Crippen LogP contribution < -0.4 is 0 Å². The lowest BCUT2D eigenvalue weighted by atomic mass is 10.2. The monoisotopic (exact) mass is 232 g/mol. The number of halogens is 1. The molecule has 1 aromatic rings. The summed E-state index contributed by atoms with van der Waals surface area (Å²) in [6.07, 6.45) is 0. The Morgan fingerprint density at radius 3 is 2.21 bits per heavy atom. The quantitative estimate of drug-likeness (QED) is 0.750. The summed E-state index contributed by atoms with van der Waals surface area (Å²) in [5.41, 5.74) is 1.04. The van der Waals surface area contributed by atoms with E-state index >= 15 is 0 Å². The van der Waals surface area contributed by atoms with Crippen LogP contribution in [0, 0.1) is 6.92 Å². The second kappa shape index (κ2) is 4.32. The van der Waals surface area contributed by atoms with Crippen molar-refractivity contribution in [3.8, 4) is 0 Å². The van der Waals surface area contributed by atoms with E-state index in [2.05, 4.69) is 0 Å². The molecule has 0 heterocycles. The van der Waals surface area contributed by atoms with Gasteiger partial charge in [0.1, 0.15) is 0 Å². The Labute approximate surface area is 89.8 Å². The Bertz CT molecular complexity index is 395. The number of benzene rings is 1. The predicted molar refractivity (Wildman–Crippen MR) is 58.5 cm³/mol. The van der Waals surface area contributed by atoms with Gasteiger partial charge >= 0.3 is 0 Å². The fourth-order valence-electron chi connectivity index (χ4n) is 1.04. The number of rotatable bonds is 3. The number of alkyl halides is 1. The van der Waals surface area contributed by atoms with Gasteiger partial charge in [0, 0.05) is 5.88 Å². The topological polar surface area (TPSA) is 34.1 Å². The predicted octanol–water partition coefficient (Wildman–Crippen LogP) is 2.40. The first-order valence-corrected chi connectivity index (χ1v) is 6.43. The van der Waals surface area contributed by atoms with Crippen LogP contribution >= 0.6 is 11.6 Å². The van der Waals surface area contributed by atoms with E-state index in [1.165, 1.54) is 0 Å². The summed E-state index contributed by atoms with van der Waals surface area (Å²) in [5, 5.41) is -0.535. The summed E-state index contributed by atoms with van der Waals surface area (Å²) >= 11 is 5.54.